The van der Waals surface area contributed by atoms with Gasteiger partial charge in [0.2, 0.25) is 5.91 Å². The fourth-order valence-corrected chi connectivity index (χ4v) is 2.70. The van der Waals surface area contributed by atoms with E-state index < -0.39 is 5.97 Å². The predicted molar refractivity (Wildman–Crippen MR) is 73.4 cm³/mol. The quantitative estimate of drug-likeness (QED) is 0.753. The van der Waals surface area contributed by atoms with Crippen LogP contribution in [0.1, 0.15) is 19.3 Å². The van der Waals surface area contributed by atoms with Crippen molar-refractivity contribution in [1.29, 1.82) is 0 Å². The monoisotopic (exact) mass is 282 g/mol. The minimum atomic E-state index is -1.09. The molecule has 2 saturated heterocycles. The van der Waals surface area contributed by atoms with Crippen LogP contribution in [0.5, 0.6) is 0 Å². The summed E-state index contributed by atoms with van der Waals surface area (Å²) in [5.41, 5.74) is 0. The van der Waals surface area contributed by atoms with Gasteiger partial charge in [0.25, 0.3) is 0 Å². The maximum absolute atomic E-state index is 11.8. The zero-order valence-corrected chi connectivity index (χ0v) is 11.7. The number of nitrogens with zero attached hydrogens (tertiary/aromatic N) is 2. The van der Waals surface area contributed by atoms with Crippen molar-refractivity contribution >= 4 is 11.9 Å². The zero-order valence-electron chi connectivity index (χ0n) is 11.7. The molecular formula is C14H22N2O4. The van der Waals surface area contributed by atoms with Crippen LogP contribution >= 0.6 is 0 Å². The molecule has 20 heavy (non-hydrogen) atoms. The van der Waals surface area contributed by atoms with E-state index in [0.29, 0.717) is 19.2 Å². The van der Waals surface area contributed by atoms with E-state index in [1.165, 1.54) is 0 Å². The third kappa shape index (κ3) is 4.61. The standard InChI is InChI=1S/C14H22N2O4/c17-13(4-5-14(18)19)16-7-2-6-15(8-9-16)11-12-3-1-10-20-12/h4-5,12H,1-3,6-11H2,(H,18,19)/b5-4+. The van der Waals surface area contributed by atoms with Crippen LogP contribution < -0.4 is 0 Å². The summed E-state index contributed by atoms with van der Waals surface area (Å²) in [6.45, 7) is 4.93. The summed E-state index contributed by atoms with van der Waals surface area (Å²) in [5, 5.41) is 8.54. The lowest BCUT2D eigenvalue weighted by Gasteiger charge is -2.23. The molecule has 0 saturated carbocycles. The van der Waals surface area contributed by atoms with Crippen LogP contribution in [0.2, 0.25) is 0 Å². The van der Waals surface area contributed by atoms with Gasteiger partial charge in [-0.1, -0.05) is 0 Å². The molecule has 1 N–H and O–H groups in total. The molecule has 0 aromatic rings. The molecule has 0 bridgehead atoms. The van der Waals surface area contributed by atoms with Gasteiger partial charge in [0.1, 0.15) is 0 Å². The molecule has 0 aromatic heterocycles. The molecule has 6 nitrogen and oxygen atoms in total. The minimum Gasteiger partial charge on any atom is -0.478 e. The second-order valence-corrected chi connectivity index (χ2v) is 5.29. The van der Waals surface area contributed by atoms with Crippen LogP contribution in [0.15, 0.2) is 12.2 Å². The van der Waals surface area contributed by atoms with Gasteiger partial charge in [0.05, 0.1) is 6.10 Å². The van der Waals surface area contributed by atoms with Crippen LogP contribution in [0.4, 0.5) is 0 Å². The molecule has 1 atom stereocenters. The first-order valence-electron chi connectivity index (χ1n) is 7.19. The molecule has 1 amide bonds. The molecule has 2 rings (SSSR count). The molecule has 2 aliphatic rings. The molecule has 6 heteroatoms. The second kappa shape index (κ2) is 7.40. The fourth-order valence-electron chi connectivity index (χ4n) is 2.70. The maximum Gasteiger partial charge on any atom is 0.328 e. The Balaban J connectivity index is 1.79. The van der Waals surface area contributed by atoms with Crippen LogP contribution in [-0.4, -0.2) is 72.2 Å². The van der Waals surface area contributed by atoms with Gasteiger partial charge in [-0.15, -0.1) is 0 Å². The number of hydrogen-bond donors (Lipinski definition) is 1. The van der Waals surface area contributed by atoms with E-state index in [2.05, 4.69) is 4.90 Å². The van der Waals surface area contributed by atoms with Crippen molar-refractivity contribution in [2.45, 2.75) is 25.4 Å². The number of rotatable bonds is 4. The Morgan fingerprint density at radius 1 is 1.15 bits per heavy atom. The largest absolute Gasteiger partial charge is 0.478 e. The summed E-state index contributed by atoms with van der Waals surface area (Å²) in [5.74, 6) is -1.31. The number of ether oxygens (including phenoxy) is 1. The van der Waals surface area contributed by atoms with Gasteiger partial charge in [-0.3, -0.25) is 9.69 Å². The fraction of sp³-hybridized carbons (Fsp3) is 0.714. The molecule has 2 heterocycles. The van der Waals surface area contributed by atoms with Crippen molar-refractivity contribution in [1.82, 2.24) is 9.80 Å². The maximum atomic E-state index is 11.8. The van der Waals surface area contributed by atoms with Crippen LogP contribution in [-0.2, 0) is 14.3 Å². The summed E-state index contributed by atoms with van der Waals surface area (Å²) >= 11 is 0. The Hall–Kier alpha value is -1.40. The van der Waals surface area contributed by atoms with Crippen molar-refractivity contribution in [2.75, 3.05) is 39.3 Å². The van der Waals surface area contributed by atoms with Crippen molar-refractivity contribution < 1.29 is 19.4 Å². The average Bonchev–Trinajstić information content (AvgIpc) is 2.81. The average molecular weight is 282 g/mol. The first kappa shape index (κ1) is 15.0. The van der Waals surface area contributed by atoms with E-state index in [-0.39, 0.29) is 5.91 Å². The van der Waals surface area contributed by atoms with E-state index in [1.54, 1.807) is 4.90 Å². The molecular weight excluding hydrogens is 260 g/mol. The summed E-state index contributed by atoms with van der Waals surface area (Å²) in [4.78, 5) is 26.3. The van der Waals surface area contributed by atoms with Crippen molar-refractivity contribution in [3.8, 4) is 0 Å². The van der Waals surface area contributed by atoms with Crippen molar-refractivity contribution in [3.63, 3.8) is 0 Å². The summed E-state index contributed by atoms with van der Waals surface area (Å²) in [6.07, 6.45) is 5.56. The lowest BCUT2D eigenvalue weighted by Crippen LogP contribution is -2.37. The predicted octanol–water partition coefficient (Wildman–Crippen LogP) is 0.340. The normalized spacial score (nSPS) is 25.0. The minimum absolute atomic E-state index is 0.216. The number of amides is 1. The highest BCUT2D eigenvalue weighted by atomic mass is 16.5. The summed E-state index contributed by atoms with van der Waals surface area (Å²) in [7, 11) is 0. The molecule has 0 radical (unpaired) electrons. The number of carboxylic acid groups (broad SMARTS) is 1. The highest BCUT2D eigenvalue weighted by molar-refractivity contribution is 5.93. The molecule has 2 aliphatic heterocycles. The van der Waals surface area contributed by atoms with Gasteiger partial charge in [0, 0.05) is 44.9 Å². The second-order valence-electron chi connectivity index (χ2n) is 5.29. The molecule has 0 aromatic carbocycles. The third-order valence-corrected chi connectivity index (χ3v) is 3.75. The highest BCUT2D eigenvalue weighted by Gasteiger charge is 2.22. The van der Waals surface area contributed by atoms with Crippen LogP contribution in [0.25, 0.3) is 0 Å². The molecule has 0 spiro atoms. The zero-order chi connectivity index (χ0) is 14.4. The van der Waals surface area contributed by atoms with Crippen molar-refractivity contribution in [2.24, 2.45) is 0 Å². The SMILES string of the molecule is O=C(O)/C=C/C(=O)N1CCCN(CC2CCCO2)CC1. The number of carbonyl (C=O) groups excluding carboxylic acids is 1. The first-order chi connectivity index (χ1) is 9.65. The van der Waals surface area contributed by atoms with Gasteiger partial charge in [-0.25, -0.2) is 4.79 Å². The van der Waals surface area contributed by atoms with Crippen LogP contribution in [0, 0.1) is 0 Å². The lowest BCUT2D eigenvalue weighted by molar-refractivity contribution is -0.132. The van der Waals surface area contributed by atoms with E-state index in [9.17, 15) is 9.59 Å². The number of aliphatic carboxylic acids is 1. The number of carbonyl (C=O) groups is 2. The van der Waals surface area contributed by atoms with Gasteiger partial charge >= 0.3 is 5.97 Å². The first-order valence-corrected chi connectivity index (χ1v) is 7.19. The molecule has 1 unspecified atom stereocenters. The van der Waals surface area contributed by atoms with E-state index >= 15 is 0 Å². The molecule has 112 valence electrons. The lowest BCUT2D eigenvalue weighted by atomic mass is 10.2. The van der Waals surface area contributed by atoms with E-state index in [0.717, 1.165) is 57.7 Å². The number of hydrogen-bond acceptors (Lipinski definition) is 4. The highest BCUT2D eigenvalue weighted by Crippen LogP contribution is 2.14. The smallest absolute Gasteiger partial charge is 0.328 e. The topological polar surface area (TPSA) is 70.1 Å². The molecule has 0 aliphatic carbocycles. The Labute approximate surface area is 119 Å². The Morgan fingerprint density at radius 2 is 2.00 bits per heavy atom. The van der Waals surface area contributed by atoms with E-state index in [1.807, 2.05) is 0 Å². The van der Waals surface area contributed by atoms with Gasteiger partial charge < -0.3 is 14.7 Å². The van der Waals surface area contributed by atoms with Gasteiger partial charge in [0.15, 0.2) is 0 Å². The van der Waals surface area contributed by atoms with Crippen molar-refractivity contribution in [3.05, 3.63) is 12.2 Å². The Kier molecular flexibility index (Phi) is 5.55. The Bertz CT molecular complexity index is 377. The van der Waals surface area contributed by atoms with Crippen LogP contribution in [0.3, 0.4) is 0 Å². The molecule has 2 fully saturated rings. The van der Waals surface area contributed by atoms with Gasteiger partial charge in [-0.05, 0) is 25.8 Å². The van der Waals surface area contributed by atoms with Gasteiger partial charge in [-0.2, -0.15) is 0 Å². The number of carboxylic acids is 1. The Morgan fingerprint density at radius 3 is 2.70 bits per heavy atom. The summed E-state index contributed by atoms with van der Waals surface area (Å²) in [6, 6.07) is 0. The summed E-state index contributed by atoms with van der Waals surface area (Å²) < 4.78 is 5.64. The van der Waals surface area contributed by atoms with E-state index in [4.69, 9.17) is 9.84 Å². The third-order valence-electron chi connectivity index (χ3n) is 3.75.